The Morgan fingerprint density at radius 2 is 1.68 bits per heavy atom. The normalized spacial score (nSPS) is 15.1. The van der Waals surface area contributed by atoms with E-state index in [0.717, 1.165) is 0 Å². The number of benzene rings is 2. The van der Waals surface area contributed by atoms with Crippen molar-refractivity contribution in [2.24, 2.45) is 20.3 Å². The molecule has 5 N–H and O–H groups in total. The maximum atomic E-state index is 12.0. The molecule has 1 heterocycles. The molecule has 0 unspecified atom stereocenters. The predicted octanol–water partition coefficient (Wildman–Crippen LogP) is 0.210. The minimum absolute atomic E-state index is 0.104. The van der Waals surface area contributed by atoms with Crippen molar-refractivity contribution in [1.82, 2.24) is 0 Å². The molecule has 2 aromatic rings. The van der Waals surface area contributed by atoms with Crippen LogP contribution in [0.15, 0.2) is 67.1 Å². The van der Waals surface area contributed by atoms with Gasteiger partial charge in [-0.2, -0.15) is 16.8 Å². The molecule has 25 heavy (non-hydrogen) atoms. The summed E-state index contributed by atoms with van der Waals surface area (Å²) in [6.45, 7) is 0. The number of nitrogens with one attached hydrogen (secondary N) is 1. The number of rotatable bonds is 3. The van der Waals surface area contributed by atoms with Crippen LogP contribution in [0, 0.1) is 0 Å². The summed E-state index contributed by atoms with van der Waals surface area (Å²) in [6, 6.07) is 11.9. The van der Waals surface area contributed by atoms with E-state index in [0.29, 0.717) is 11.3 Å². The first-order valence-electron chi connectivity index (χ1n) is 6.86. The molecule has 0 saturated heterocycles. The fourth-order valence-corrected chi connectivity index (χ4v) is 4.27. The molecule has 0 spiro atoms. The quantitative estimate of drug-likeness (QED) is 0.508. The zero-order valence-electron chi connectivity index (χ0n) is 12.6. The topological polar surface area (TPSA) is 157 Å². The van der Waals surface area contributed by atoms with Crippen LogP contribution >= 0.6 is 0 Å². The van der Waals surface area contributed by atoms with Crippen molar-refractivity contribution < 1.29 is 16.8 Å². The number of hydrogen-bond donors (Lipinski definition) is 3. The zero-order chi connectivity index (χ0) is 18.2. The molecule has 0 bridgehead atoms. The van der Waals surface area contributed by atoms with Crippen LogP contribution in [0.3, 0.4) is 0 Å². The molecule has 0 fully saturated rings. The van der Waals surface area contributed by atoms with Crippen molar-refractivity contribution in [3.8, 4) is 0 Å². The molecular weight excluding hydrogens is 366 g/mol. The van der Waals surface area contributed by atoms with Crippen LogP contribution in [0.1, 0.15) is 5.56 Å². The molecule has 0 saturated carbocycles. The largest absolute Gasteiger partial charge is 0.369 e. The van der Waals surface area contributed by atoms with Crippen molar-refractivity contribution in [3.05, 3.63) is 54.1 Å². The Balaban J connectivity index is 1.90. The smallest absolute Gasteiger partial charge is 0.285 e. The van der Waals surface area contributed by atoms with Crippen LogP contribution in [0.2, 0.25) is 0 Å². The van der Waals surface area contributed by atoms with Gasteiger partial charge in [-0.25, -0.2) is 0 Å². The van der Waals surface area contributed by atoms with Gasteiger partial charge in [0, 0.05) is 11.3 Å². The van der Waals surface area contributed by atoms with Crippen molar-refractivity contribution in [1.29, 1.82) is 0 Å². The molecule has 9 nitrogen and oxygen atoms in total. The van der Waals surface area contributed by atoms with Gasteiger partial charge in [-0.05, 0) is 36.4 Å². The Bertz CT molecular complexity index is 1100. The monoisotopic (exact) mass is 379 g/mol. The van der Waals surface area contributed by atoms with Gasteiger partial charge in [0.2, 0.25) is 5.96 Å². The summed E-state index contributed by atoms with van der Waals surface area (Å²) in [5, 5.41) is 2.86. The number of amidine groups is 1. The molecule has 0 aromatic heterocycles. The highest BCUT2D eigenvalue weighted by Gasteiger charge is 2.28. The van der Waals surface area contributed by atoms with Crippen LogP contribution in [-0.4, -0.2) is 28.6 Å². The van der Waals surface area contributed by atoms with E-state index >= 15 is 0 Å². The molecule has 130 valence electrons. The summed E-state index contributed by atoms with van der Waals surface area (Å²) in [6.07, 6.45) is 0. The van der Waals surface area contributed by atoms with E-state index in [9.17, 15) is 16.8 Å². The predicted molar refractivity (Wildman–Crippen MR) is 93.2 cm³/mol. The Morgan fingerprint density at radius 3 is 2.32 bits per heavy atom. The summed E-state index contributed by atoms with van der Waals surface area (Å²) in [5.41, 5.74) is 11.1. The summed E-state index contributed by atoms with van der Waals surface area (Å²) in [7, 11) is -7.72. The van der Waals surface area contributed by atoms with Crippen molar-refractivity contribution >= 4 is 37.5 Å². The molecule has 1 aliphatic heterocycles. The molecule has 3 rings (SSSR count). The number of sulfonamides is 2. The van der Waals surface area contributed by atoms with Crippen LogP contribution in [-0.2, 0) is 20.0 Å². The number of fused-ring (bicyclic) bond motifs is 1. The lowest BCUT2D eigenvalue weighted by Crippen LogP contribution is -2.24. The Hall–Kier alpha value is -2.92. The van der Waals surface area contributed by atoms with E-state index in [2.05, 4.69) is 14.1 Å². The second-order valence-electron chi connectivity index (χ2n) is 5.05. The van der Waals surface area contributed by atoms with E-state index in [-0.39, 0.29) is 15.6 Å². The number of nitrogens with zero attached hydrogens (tertiary/aromatic N) is 2. The van der Waals surface area contributed by atoms with Gasteiger partial charge < -0.3 is 16.8 Å². The summed E-state index contributed by atoms with van der Waals surface area (Å²) in [5.74, 6) is -0.403. The minimum atomic E-state index is -3.99. The van der Waals surface area contributed by atoms with Gasteiger partial charge in [-0.3, -0.25) is 0 Å². The van der Waals surface area contributed by atoms with E-state index in [1.807, 2.05) is 0 Å². The average molecular weight is 379 g/mol. The Labute approximate surface area is 144 Å². The van der Waals surface area contributed by atoms with Crippen LogP contribution in [0.5, 0.6) is 0 Å². The zero-order valence-corrected chi connectivity index (χ0v) is 14.3. The first-order valence-corrected chi connectivity index (χ1v) is 9.74. The van der Waals surface area contributed by atoms with E-state index < -0.39 is 26.0 Å². The van der Waals surface area contributed by atoms with Gasteiger partial charge in [0.15, 0.2) is 5.84 Å². The van der Waals surface area contributed by atoms with Crippen LogP contribution < -0.4 is 16.8 Å². The standard InChI is InChI=1S/C14H13N5O4S2/c15-14(16)19-24(20,21)10-7-5-9(6-8-10)17-13-11-3-1-2-4-12(11)25(22,23)18-13/h1-8H,(H,17,18)(H4,15,16,19). The Morgan fingerprint density at radius 1 is 1.04 bits per heavy atom. The van der Waals surface area contributed by atoms with Crippen LogP contribution in [0.4, 0.5) is 5.69 Å². The number of hydrogen-bond acceptors (Lipinski definition) is 5. The van der Waals surface area contributed by atoms with Crippen molar-refractivity contribution in [2.45, 2.75) is 9.79 Å². The molecule has 0 atom stereocenters. The van der Waals surface area contributed by atoms with Crippen LogP contribution in [0.25, 0.3) is 0 Å². The highest BCUT2D eigenvalue weighted by atomic mass is 32.2. The van der Waals surface area contributed by atoms with Gasteiger partial charge in [-0.1, -0.05) is 12.1 Å². The first-order chi connectivity index (χ1) is 11.7. The van der Waals surface area contributed by atoms with Crippen molar-refractivity contribution in [2.75, 3.05) is 5.32 Å². The average Bonchev–Trinajstić information content (AvgIpc) is 2.78. The highest BCUT2D eigenvalue weighted by Crippen LogP contribution is 2.27. The van der Waals surface area contributed by atoms with Crippen molar-refractivity contribution in [3.63, 3.8) is 0 Å². The summed E-state index contributed by atoms with van der Waals surface area (Å²) >= 11 is 0. The fraction of sp³-hybridized carbons (Fsp3) is 0. The molecule has 0 aliphatic carbocycles. The lowest BCUT2D eigenvalue weighted by atomic mass is 10.2. The van der Waals surface area contributed by atoms with Gasteiger partial charge in [0.25, 0.3) is 20.0 Å². The molecule has 1 aliphatic rings. The molecule has 0 amide bonds. The molecule has 11 heteroatoms. The summed E-state index contributed by atoms with van der Waals surface area (Å²) in [4.78, 5) is 0.0114. The lowest BCUT2D eigenvalue weighted by Gasteiger charge is -2.07. The Kier molecular flexibility index (Phi) is 3.97. The number of anilines is 1. The fourth-order valence-electron chi connectivity index (χ4n) is 2.23. The van der Waals surface area contributed by atoms with E-state index in [1.54, 1.807) is 18.2 Å². The number of guanidine groups is 1. The molecular formula is C14H13N5O4S2. The lowest BCUT2D eigenvalue weighted by molar-refractivity contribution is 0.596. The van der Waals surface area contributed by atoms with Gasteiger partial charge in [-0.15, -0.1) is 8.80 Å². The molecule has 2 aromatic carbocycles. The van der Waals surface area contributed by atoms with Gasteiger partial charge in [0.05, 0.1) is 4.90 Å². The highest BCUT2D eigenvalue weighted by molar-refractivity contribution is 7.91. The maximum absolute atomic E-state index is 12.0. The number of nitrogens with two attached hydrogens (primary N) is 2. The van der Waals surface area contributed by atoms with E-state index in [4.69, 9.17) is 11.5 Å². The maximum Gasteiger partial charge on any atom is 0.285 e. The summed E-state index contributed by atoms with van der Waals surface area (Å²) < 4.78 is 54.6. The first kappa shape index (κ1) is 16.9. The molecule has 0 radical (unpaired) electrons. The van der Waals surface area contributed by atoms with Gasteiger partial charge in [0.1, 0.15) is 4.90 Å². The third-order valence-electron chi connectivity index (χ3n) is 3.27. The van der Waals surface area contributed by atoms with Gasteiger partial charge >= 0.3 is 0 Å². The third kappa shape index (κ3) is 3.32. The van der Waals surface area contributed by atoms with E-state index in [1.165, 1.54) is 30.3 Å². The minimum Gasteiger partial charge on any atom is -0.369 e. The second-order valence-corrected chi connectivity index (χ2v) is 8.23. The third-order valence-corrected chi connectivity index (χ3v) is 5.93. The second kappa shape index (κ2) is 5.86. The SMILES string of the molecule is NC(N)=NS(=O)(=O)c1ccc(NC2=NS(=O)(=O)c3ccccc32)cc1.